The summed E-state index contributed by atoms with van der Waals surface area (Å²) in [4.78, 5) is 29.4. The molecule has 5 aromatic carbocycles. The first-order valence-corrected chi connectivity index (χ1v) is 15.0. The molecule has 220 valence electrons. The molecule has 0 bridgehead atoms. The first-order chi connectivity index (χ1) is 22.0. The normalized spacial score (nSPS) is 11.3. The average molecular weight is 589 g/mol. The highest BCUT2D eigenvalue weighted by molar-refractivity contribution is 5.71. The van der Waals surface area contributed by atoms with Gasteiger partial charge in [-0.3, -0.25) is 19.8 Å². The maximum Gasteiger partial charge on any atom is 0.276 e. The van der Waals surface area contributed by atoms with Gasteiger partial charge >= 0.3 is 0 Å². The molecule has 7 rings (SSSR count). The molecule has 0 aliphatic rings. The van der Waals surface area contributed by atoms with E-state index < -0.39 is 5.92 Å². The van der Waals surface area contributed by atoms with E-state index >= 15 is 0 Å². The highest BCUT2D eigenvalue weighted by Gasteiger charge is 2.33. The number of aryl methyl sites for hydroxylation is 2. The molecule has 45 heavy (non-hydrogen) atoms. The van der Waals surface area contributed by atoms with E-state index in [1.807, 2.05) is 153 Å². The maximum atomic E-state index is 14.7. The summed E-state index contributed by atoms with van der Waals surface area (Å²) < 4.78 is 3.17. The summed E-state index contributed by atoms with van der Waals surface area (Å²) in [5, 5.41) is 6.86. The van der Waals surface area contributed by atoms with Gasteiger partial charge in [-0.05, 0) is 54.8 Å². The highest BCUT2D eigenvalue weighted by atomic mass is 16.1. The predicted octanol–water partition coefficient (Wildman–Crippen LogP) is 7.78. The summed E-state index contributed by atoms with van der Waals surface area (Å²) in [7, 11) is 0. The molecule has 0 aliphatic carbocycles. The fourth-order valence-electron chi connectivity index (χ4n) is 5.96. The van der Waals surface area contributed by atoms with Crippen molar-refractivity contribution in [2.45, 2.75) is 19.8 Å². The van der Waals surface area contributed by atoms with E-state index in [1.165, 1.54) is 0 Å². The minimum atomic E-state index is -0.692. The van der Waals surface area contributed by atoms with Crippen LogP contribution in [-0.4, -0.2) is 19.6 Å². The second kappa shape index (κ2) is 11.7. The fourth-order valence-corrected chi connectivity index (χ4v) is 5.96. The molecule has 2 heterocycles. The zero-order valence-electron chi connectivity index (χ0n) is 25.1. The van der Waals surface area contributed by atoms with E-state index in [0.717, 1.165) is 39.2 Å². The third kappa shape index (κ3) is 5.17. The van der Waals surface area contributed by atoms with Gasteiger partial charge < -0.3 is 0 Å². The number of aromatic nitrogens is 4. The minimum absolute atomic E-state index is 0.215. The van der Waals surface area contributed by atoms with Crippen LogP contribution in [0, 0.1) is 13.8 Å². The van der Waals surface area contributed by atoms with Gasteiger partial charge in [0.25, 0.3) is 11.1 Å². The minimum Gasteiger partial charge on any atom is -0.290 e. The zero-order valence-corrected chi connectivity index (χ0v) is 25.1. The smallest absolute Gasteiger partial charge is 0.276 e. The Morgan fingerprint density at radius 2 is 0.822 bits per heavy atom. The quantitative estimate of drug-likeness (QED) is 0.200. The van der Waals surface area contributed by atoms with Crippen molar-refractivity contribution in [3.63, 3.8) is 0 Å². The molecule has 0 fully saturated rings. The third-order valence-corrected chi connectivity index (χ3v) is 8.27. The highest BCUT2D eigenvalue weighted by Crippen LogP contribution is 2.38. The lowest BCUT2D eigenvalue weighted by Gasteiger charge is -2.17. The van der Waals surface area contributed by atoms with E-state index in [4.69, 9.17) is 0 Å². The van der Waals surface area contributed by atoms with Crippen molar-refractivity contribution in [3.05, 3.63) is 188 Å². The lowest BCUT2D eigenvalue weighted by molar-refractivity contribution is 0.837. The van der Waals surface area contributed by atoms with Crippen molar-refractivity contribution < 1.29 is 0 Å². The third-order valence-electron chi connectivity index (χ3n) is 8.27. The van der Waals surface area contributed by atoms with Crippen LogP contribution in [0.3, 0.4) is 0 Å². The van der Waals surface area contributed by atoms with Crippen molar-refractivity contribution in [1.29, 1.82) is 0 Å². The van der Waals surface area contributed by atoms with Crippen LogP contribution >= 0.6 is 0 Å². The number of nitrogens with one attached hydrogen (secondary N) is 2. The Kier molecular flexibility index (Phi) is 7.23. The average Bonchev–Trinajstić information content (AvgIpc) is 3.60. The molecule has 6 nitrogen and oxygen atoms in total. The van der Waals surface area contributed by atoms with Crippen LogP contribution in [0.2, 0.25) is 0 Å². The number of H-pyrrole nitrogens is 2. The molecule has 0 aliphatic heterocycles. The van der Waals surface area contributed by atoms with Crippen LogP contribution in [0.5, 0.6) is 0 Å². The molecule has 0 atom stereocenters. The summed E-state index contributed by atoms with van der Waals surface area (Å²) in [6.07, 6.45) is 0. The number of aromatic amines is 2. The number of hydrogen-bond acceptors (Lipinski definition) is 2. The Morgan fingerprint density at radius 3 is 1.20 bits per heavy atom. The molecular weight excluding hydrogens is 556 g/mol. The second-order valence-electron chi connectivity index (χ2n) is 11.3. The SMILES string of the molecule is Cc1ccc(-n2[nH]c(-c3ccccc3)c(C(c3ccccc3)c3c(-c4ccccc4)[nH]n(-c4ccc(C)cc4)c3=O)c2=O)cc1. The van der Waals surface area contributed by atoms with Gasteiger partial charge in [-0.1, -0.05) is 126 Å². The molecule has 0 saturated carbocycles. The van der Waals surface area contributed by atoms with E-state index in [1.54, 1.807) is 9.36 Å². The van der Waals surface area contributed by atoms with E-state index in [-0.39, 0.29) is 11.1 Å². The lowest BCUT2D eigenvalue weighted by atomic mass is 9.83. The van der Waals surface area contributed by atoms with Gasteiger partial charge in [-0.25, -0.2) is 9.36 Å². The molecule has 6 heteroatoms. The Morgan fingerprint density at radius 1 is 0.467 bits per heavy atom. The van der Waals surface area contributed by atoms with Gasteiger partial charge in [0, 0.05) is 5.92 Å². The first-order valence-electron chi connectivity index (χ1n) is 15.0. The monoisotopic (exact) mass is 588 g/mol. The van der Waals surface area contributed by atoms with Crippen LogP contribution in [0.25, 0.3) is 33.9 Å². The van der Waals surface area contributed by atoms with Crippen molar-refractivity contribution in [2.75, 3.05) is 0 Å². The Labute approximate surface area is 260 Å². The van der Waals surface area contributed by atoms with Gasteiger partial charge in [-0.2, -0.15) is 0 Å². The van der Waals surface area contributed by atoms with Crippen molar-refractivity contribution >= 4 is 0 Å². The van der Waals surface area contributed by atoms with Crippen molar-refractivity contribution in [1.82, 2.24) is 19.6 Å². The van der Waals surface area contributed by atoms with E-state index in [2.05, 4.69) is 10.2 Å². The molecule has 2 N–H and O–H groups in total. The Hall–Kier alpha value is -5.88. The summed E-state index contributed by atoms with van der Waals surface area (Å²) >= 11 is 0. The predicted molar refractivity (Wildman–Crippen MR) is 181 cm³/mol. The fraction of sp³-hybridized carbons (Fsp3) is 0.0769. The standard InChI is InChI=1S/C39H32N4O2/c1-26-18-22-31(23-19-26)42-38(44)34(36(40-42)29-14-8-4-9-15-29)33(28-12-6-3-7-13-28)35-37(30-16-10-5-11-17-30)41-43(39(35)45)32-24-20-27(2)21-25-32/h3-25,33,40-41H,1-2H3. The summed E-state index contributed by atoms with van der Waals surface area (Å²) in [6.45, 7) is 4.03. The van der Waals surface area contributed by atoms with Gasteiger partial charge in [0.2, 0.25) is 0 Å². The topological polar surface area (TPSA) is 75.6 Å². The molecular formula is C39H32N4O2. The Balaban J connectivity index is 1.58. The lowest BCUT2D eigenvalue weighted by Crippen LogP contribution is -2.25. The molecule has 2 aromatic heterocycles. The second-order valence-corrected chi connectivity index (χ2v) is 11.3. The van der Waals surface area contributed by atoms with Crippen LogP contribution in [0.1, 0.15) is 33.7 Å². The van der Waals surface area contributed by atoms with Gasteiger partial charge in [0.1, 0.15) is 0 Å². The molecule has 0 radical (unpaired) electrons. The van der Waals surface area contributed by atoms with Crippen molar-refractivity contribution in [3.8, 4) is 33.9 Å². The molecule has 0 unspecified atom stereocenters. The van der Waals surface area contributed by atoms with Gasteiger partial charge in [0.05, 0.1) is 33.9 Å². The van der Waals surface area contributed by atoms with Crippen LogP contribution in [-0.2, 0) is 0 Å². The largest absolute Gasteiger partial charge is 0.290 e. The van der Waals surface area contributed by atoms with Gasteiger partial charge in [-0.15, -0.1) is 0 Å². The zero-order chi connectivity index (χ0) is 30.9. The first kappa shape index (κ1) is 27.9. The summed E-state index contributed by atoms with van der Waals surface area (Å²) in [5.41, 5.74) is 8.07. The van der Waals surface area contributed by atoms with Crippen LogP contribution < -0.4 is 11.1 Å². The van der Waals surface area contributed by atoms with Crippen LogP contribution in [0.4, 0.5) is 0 Å². The molecule has 0 amide bonds. The number of nitrogens with zero attached hydrogens (tertiary/aromatic N) is 2. The van der Waals surface area contributed by atoms with Crippen LogP contribution in [0.15, 0.2) is 149 Å². The van der Waals surface area contributed by atoms with Gasteiger partial charge in [0.15, 0.2) is 0 Å². The number of hydrogen-bond donors (Lipinski definition) is 2. The van der Waals surface area contributed by atoms with Crippen molar-refractivity contribution in [2.24, 2.45) is 0 Å². The maximum absolute atomic E-state index is 14.7. The number of benzene rings is 5. The number of rotatable bonds is 7. The summed E-state index contributed by atoms with van der Waals surface area (Å²) in [5.74, 6) is -0.692. The van der Waals surface area contributed by atoms with E-state index in [0.29, 0.717) is 22.5 Å². The van der Waals surface area contributed by atoms with E-state index in [9.17, 15) is 9.59 Å². The molecule has 0 spiro atoms. The molecule has 7 aromatic rings. The summed E-state index contributed by atoms with van der Waals surface area (Å²) in [6, 6.07) is 45.1. The Bertz CT molecular complexity index is 2050. The molecule has 0 saturated heterocycles.